The van der Waals surface area contributed by atoms with Gasteiger partial charge in [-0.3, -0.25) is 9.59 Å². The number of thioether (sulfide) groups is 1. The summed E-state index contributed by atoms with van der Waals surface area (Å²) in [5.41, 5.74) is 1.38. The number of nitrogens with zero attached hydrogens (tertiary/aromatic N) is 1. The molecule has 0 fully saturated rings. The maximum absolute atomic E-state index is 13.0. The molecular formula is C19H18N4O4S2. The van der Waals surface area contributed by atoms with Gasteiger partial charge < -0.3 is 10.3 Å². The standard InChI is InChI=1S/C19H18N4O4S2/c1-12-11-16(24)23-19(21-12)28-17(13-5-3-2-4-6-13)18(25)22-14-7-9-15(10-8-14)29(20,26)27/h2-11,17H,1H3,(H,22,25)(H2,20,26,27)(H,21,23,24)/t17-/m0/s1. The van der Waals surface area contributed by atoms with Crippen molar-refractivity contribution in [1.29, 1.82) is 0 Å². The van der Waals surface area contributed by atoms with Crippen LogP contribution in [0.1, 0.15) is 16.5 Å². The number of nitrogens with one attached hydrogen (secondary N) is 2. The Morgan fingerprint density at radius 2 is 1.79 bits per heavy atom. The van der Waals surface area contributed by atoms with Gasteiger partial charge in [-0.1, -0.05) is 42.1 Å². The van der Waals surface area contributed by atoms with Crippen LogP contribution < -0.4 is 16.0 Å². The summed E-state index contributed by atoms with van der Waals surface area (Å²) in [6.45, 7) is 1.70. The van der Waals surface area contributed by atoms with Crippen LogP contribution in [0.5, 0.6) is 0 Å². The summed E-state index contributed by atoms with van der Waals surface area (Å²) in [6.07, 6.45) is 0. The first-order valence-corrected chi connectivity index (χ1v) is 10.9. The third-order valence-corrected chi connectivity index (χ3v) is 5.94. The predicted octanol–water partition coefficient (Wildman–Crippen LogP) is 2.20. The Labute approximate surface area is 171 Å². The van der Waals surface area contributed by atoms with E-state index in [0.717, 1.165) is 17.3 Å². The minimum absolute atomic E-state index is 0.0500. The number of carbonyl (C=O) groups excluding carboxylic acids is 1. The van der Waals surface area contributed by atoms with Crippen LogP contribution in [0.3, 0.4) is 0 Å². The Hall–Kier alpha value is -2.95. The largest absolute Gasteiger partial charge is 0.325 e. The van der Waals surface area contributed by atoms with Crippen molar-refractivity contribution in [2.45, 2.75) is 22.2 Å². The lowest BCUT2D eigenvalue weighted by atomic mass is 10.1. The second-order valence-electron chi connectivity index (χ2n) is 6.16. The highest BCUT2D eigenvalue weighted by molar-refractivity contribution is 8.00. The van der Waals surface area contributed by atoms with E-state index in [4.69, 9.17) is 5.14 Å². The zero-order valence-corrected chi connectivity index (χ0v) is 17.0. The third kappa shape index (κ3) is 5.53. The van der Waals surface area contributed by atoms with Gasteiger partial charge in [0.15, 0.2) is 5.16 Å². The van der Waals surface area contributed by atoms with E-state index in [1.165, 1.54) is 30.3 Å². The minimum Gasteiger partial charge on any atom is -0.325 e. The van der Waals surface area contributed by atoms with Gasteiger partial charge in [-0.2, -0.15) is 0 Å². The molecule has 10 heteroatoms. The lowest BCUT2D eigenvalue weighted by Gasteiger charge is -2.16. The van der Waals surface area contributed by atoms with Crippen LogP contribution in [0.15, 0.2) is 75.5 Å². The van der Waals surface area contributed by atoms with Gasteiger partial charge in [-0.25, -0.2) is 18.5 Å². The lowest BCUT2D eigenvalue weighted by molar-refractivity contribution is -0.115. The number of aryl methyl sites for hydroxylation is 1. The van der Waals surface area contributed by atoms with Gasteiger partial charge in [-0.05, 0) is 36.8 Å². The van der Waals surface area contributed by atoms with E-state index in [0.29, 0.717) is 16.5 Å². The number of sulfonamides is 1. The maximum atomic E-state index is 13.0. The summed E-state index contributed by atoms with van der Waals surface area (Å²) in [4.78, 5) is 31.6. The zero-order chi connectivity index (χ0) is 21.0. The molecule has 0 saturated heterocycles. The summed E-state index contributed by atoms with van der Waals surface area (Å²) in [6, 6.07) is 16.0. The lowest BCUT2D eigenvalue weighted by Crippen LogP contribution is -2.20. The van der Waals surface area contributed by atoms with Gasteiger partial charge in [0.25, 0.3) is 5.56 Å². The van der Waals surface area contributed by atoms with Crippen LogP contribution in [-0.4, -0.2) is 24.3 Å². The molecule has 1 amide bonds. The Kier molecular flexibility index (Phi) is 6.16. The quantitative estimate of drug-likeness (QED) is 0.405. The number of hydrogen-bond donors (Lipinski definition) is 3. The number of benzene rings is 2. The van der Waals surface area contributed by atoms with E-state index in [1.54, 1.807) is 19.1 Å². The summed E-state index contributed by atoms with van der Waals surface area (Å²) < 4.78 is 22.7. The summed E-state index contributed by atoms with van der Waals surface area (Å²) in [5.74, 6) is -0.353. The Morgan fingerprint density at radius 3 is 2.38 bits per heavy atom. The Bertz CT molecular complexity index is 1180. The van der Waals surface area contributed by atoms with Crippen LogP contribution in [0.4, 0.5) is 5.69 Å². The van der Waals surface area contributed by atoms with Crippen molar-refractivity contribution < 1.29 is 13.2 Å². The molecular weight excluding hydrogens is 412 g/mol. The predicted molar refractivity (Wildman–Crippen MR) is 111 cm³/mol. The van der Waals surface area contributed by atoms with Crippen molar-refractivity contribution in [1.82, 2.24) is 9.97 Å². The van der Waals surface area contributed by atoms with Gasteiger partial charge in [0.05, 0.1) is 4.90 Å². The number of anilines is 1. The Balaban J connectivity index is 1.87. The number of H-pyrrole nitrogens is 1. The molecule has 0 saturated carbocycles. The minimum atomic E-state index is -3.82. The van der Waals surface area contributed by atoms with Crippen LogP contribution >= 0.6 is 11.8 Å². The van der Waals surface area contributed by atoms with Crippen LogP contribution in [0.2, 0.25) is 0 Å². The topological polar surface area (TPSA) is 135 Å². The van der Waals surface area contributed by atoms with Crippen molar-refractivity contribution >= 4 is 33.4 Å². The van der Waals surface area contributed by atoms with E-state index in [9.17, 15) is 18.0 Å². The van der Waals surface area contributed by atoms with Gasteiger partial charge in [0, 0.05) is 17.4 Å². The molecule has 0 aliphatic rings. The smallest absolute Gasteiger partial charge is 0.251 e. The van der Waals surface area contributed by atoms with Crippen LogP contribution in [0, 0.1) is 6.92 Å². The number of hydrogen-bond acceptors (Lipinski definition) is 6. The monoisotopic (exact) mass is 430 g/mol. The third-order valence-electron chi connectivity index (χ3n) is 3.87. The molecule has 0 aliphatic heterocycles. The number of aromatic nitrogens is 2. The van der Waals surface area contributed by atoms with Gasteiger partial charge in [-0.15, -0.1) is 0 Å². The number of carbonyl (C=O) groups is 1. The molecule has 0 unspecified atom stereocenters. The van der Waals surface area contributed by atoms with Crippen LogP contribution in [0.25, 0.3) is 0 Å². The molecule has 0 radical (unpaired) electrons. The van der Waals surface area contributed by atoms with E-state index in [2.05, 4.69) is 15.3 Å². The number of amides is 1. The average molecular weight is 431 g/mol. The first kappa shape index (κ1) is 20.8. The fourth-order valence-corrected chi connectivity index (χ4v) is 4.11. The van der Waals surface area contributed by atoms with E-state index >= 15 is 0 Å². The average Bonchev–Trinajstić information content (AvgIpc) is 2.65. The molecule has 0 aliphatic carbocycles. The van der Waals surface area contributed by atoms with E-state index < -0.39 is 15.3 Å². The molecule has 29 heavy (non-hydrogen) atoms. The van der Waals surface area contributed by atoms with Gasteiger partial charge >= 0.3 is 0 Å². The fourth-order valence-electron chi connectivity index (χ4n) is 2.56. The molecule has 0 spiro atoms. The van der Waals surface area contributed by atoms with Crippen molar-refractivity contribution in [2.75, 3.05) is 5.32 Å². The number of rotatable bonds is 6. The normalized spacial score (nSPS) is 12.3. The highest BCUT2D eigenvalue weighted by Crippen LogP contribution is 2.34. The van der Waals surface area contributed by atoms with E-state index in [-0.39, 0.29) is 16.4 Å². The first-order valence-electron chi connectivity index (χ1n) is 8.46. The second-order valence-corrected chi connectivity index (χ2v) is 8.81. The second kappa shape index (κ2) is 8.60. The van der Waals surface area contributed by atoms with Gasteiger partial charge in [0.2, 0.25) is 15.9 Å². The zero-order valence-electron chi connectivity index (χ0n) is 15.3. The highest BCUT2D eigenvalue weighted by atomic mass is 32.2. The first-order chi connectivity index (χ1) is 13.7. The maximum Gasteiger partial charge on any atom is 0.251 e. The summed E-state index contributed by atoms with van der Waals surface area (Å²) >= 11 is 1.11. The number of nitrogens with two attached hydrogens (primary N) is 1. The molecule has 0 bridgehead atoms. The van der Waals surface area contributed by atoms with Crippen molar-refractivity contribution in [2.24, 2.45) is 5.14 Å². The van der Waals surface area contributed by atoms with Crippen LogP contribution in [-0.2, 0) is 14.8 Å². The fraction of sp³-hybridized carbons (Fsp3) is 0.105. The molecule has 1 atom stereocenters. The van der Waals surface area contributed by atoms with Crippen molar-refractivity contribution in [3.63, 3.8) is 0 Å². The molecule has 8 nitrogen and oxygen atoms in total. The van der Waals surface area contributed by atoms with Crippen molar-refractivity contribution in [3.05, 3.63) is 82.3 Å². The highest BCUT2D eigenvalue weighted by Gasteiger charge is 2.23. The molecule has 4 N–H and O–H groups in total. The molecule has 1 heterocycles. The van der Waals surface area contributed by atoms with Gasteiger partial charge in [0.1, 0.15) is 5.25 Å². The molecule has 1 aromatic heterocycles. The number of primary sulfonamides is 1. The SMILES string of the molecule is Cc1cc(=O)[nH]c(S[C@H](C(=O)Nc2ccc(S(N)(=O)=O)cc2)c2ccccc2)n1. The molecule has 150 valence electrons. The van der Waals surface area contributed by atoms with E-state index in [1.807, 2.05) is 18.2 Å². The molecule has 2 aromatic carbocycles. The summed E-state index contributed by atoms with van der Waals surface area (Å²) in [7, 11) is -3.82. The molecule has 3 rings (SSSR count). The molecule has 3 aromatic rings. The Morgan fingerprint density at radius 1 is 1.14 bits per heavy atom. The van der Waals surface area contributed by atoms with Crippen molar-refractivity contribution in [3.8, 4) is 0 Å². The summed E-state index contributed by atoms with van der Waals surface area (Å²) in [5, 5.41) is 7.47. The number of aromatic amines is 1.